The highest BCUT2D eigenvalue weighted by atomic mass is 32.2. The molecule has 0 aromatic heterocycles. The van der Waals surface area contributed by atoms with E-state index in [1.54, 1.807) is 12.1 Å². The van der Waals surface area contributed by atoms with Gasteiger partial charge >= 0.3 is 0 Å². The molecule has 0 aliphatic rings. The number of sulfonamides is 1. The molecule has 0 aliphatic carbocycles. The number of hydrogen-bond acceptors (Lipinski definition) is 3. The molecular formula is C15H25NO3S. The lowest BCUT2D eigenvalue weighted by Gasteiger charge is -2.21. The van der Waals surface area contributed by atoms with Crippen LogP contribution in [0.3, 0.4) is 0 Å². The van der Waals surface area contributed by atoms with E-state index < -0.39 is 10.0 Å². The van der Waals surface area contributed by atoms with E-state index in [1.165, 1.54) is 4.31 Å². The molecule has 5 heteroatoms. The van der Waals surface area contributed by atoms with Gasteiger partial charge in [0.25, 0.3) is 0 Å². The Morgan fingerprint density at radius 3 is 2.20 bits per heavy atom. The maximum absolute atomic E-state index is 12.5. The number of aliphatic hydroxyl groups excluding tert-OH is 1. The molecule has 0 fully saturated rings. The van der Waals surface area contributed by atoms with Crippen LogP contribution < -0.4 is 0 Å². The molecule has 0 atom stereocenters. The van der Waals surface area contributed by atoms with Crippen molar-refractivity contribution >= 4 is 10.0 Å². The zero-order valence-electron chi connectivity index (χ0n) is 12.5. The standard InChI is InChI=1S/C15H25NO3S/c1-4-5-10-16(11-12-17)20(18,19)15-8-6-14(7-9-15)13(2)3/h6-9,13,17H,4-5,10-12H2,1-3H3. The number of hydrogen-bond donors (Lipinski definition) is 1. The summed E-state index contributed by atoms with van der Waals surface area (Å²) in [5, 5.41) is 9.06. The van der Waals surface area contributed by atoms with Crippen LogP contribution in [0.1, 0.15) is 45.1 Å². The summed E-state index contributed by atoms with van der Waals surface area (Å²) >= 11 is 0. The van der Waals surface area contributed by atoms with Gasteiger partial charge in [0.2, 0.25) is 10.0 Å². The first-order valence-electron chi connectivity index (χ1n) is 7.14. The van der Waals surface area contributed by atoms with Gasteiger partial charge in [0, 0.05) is 13.1 Å². The summed E-state index contributed by atoms with van der Waals surface area (Å²) < 4.78 is 26.4. The van der Waals surface area contributed by atoms with Gasteiger partial charge in [-0.25, -0.2) is 8.42 Å². The van der Waals surface area contributed by atoms with Crippen LogP contribution in [0, 0.1) is 0 Å². The summed E-state index contributed by atoms with van der Waals surface area (Å²) in [6.07, 6.45) is 1.72. The van der Waals surface area contributed by atoms with E-state index in [-0.39, 0.29) is 13.2 Å². The third-order valence-electron chi connectivity index (χ3n) is 3.30. The van der Waals surface area contributed by atoms with Crippen molar-refractivity contribution in [3.8, 4) is 0 Å². The Bertz CT molecular complexity index is 494. The van der Waals surface area contributed by atoms with Crippen molar-refractivity contribution in [2.24, 2.45) is 0 Å². The largest absolute Gasteiger partial charge is 0.395 e. The Hall–Kier alpha value is -0.910. The van der Waals surface area contributed by atoms with Crippen molar-refractivity contribution in [2.75, 3.05) is 19.7 Å². The fourth-order valence-electron chi connectivity index (χ4n) is 1.97. The van der Waals surface area contributed by atoms with Gasteiger partial charge in [0.1, 0.15) is 0 Å². The van der Waals surface area contributed by atoms with Crippen LogP contribution >= 0.6 is 0 Å². The maximum atomic E-state index is 12.5. The zero-order valence-corrected chi connectivity index (χ0v) is 13.4. The quantitative estimate of drug-likeness (QED) is 0.802. The topological polar surface area (TPSA) is 57.6 Å². The molecule has 1 rings (SSSR count). The van der Waals surface area contributed by atoms with Gasteiger partial charge < -0.3 is 5.11 Å². The van der Waals surface area contributed by atoms with Crippen LogP contribution in [0.4, 0.5) is 0 Å². The molecule has 0 saturated carbocycles. The second-order valence-electron chi connectivity index (χ2n) is 5.20. The van der Waals surface area contributed by atoms with Crippen LogP contribution in [0.15, 0.2) is 29.2 Å². The van der Waals surface area contributed by atoms with Crippen LogP contribution in [0.5, 0.6) is 0 Å². The summed E-state index contributed by atoms with van der Waals surface area (Å²) in [5.41, 5.74) is 1.12. The van der Waals surface area contributed by atoms with Crippen molar-refractivity contribution < 1.29 is 13.5 Å². The highest BCUT2D eigenvalue weighted by molar-refractivity contribution is 7.89. The minimum Gasteiger partial charge on any atom is -0.395 e. The minimum atomic E-state index is -3.50. The molecule has 0 bridgehead atoms. The van der Waals surface area contributed by atoms with E-state index in [0.29, 0.717) is 17.4 Å². The van der Waals surface area contributed by atoms with Gasteiger partial charge in [-0.15, -0.1) is 0 Å². The van der Waals surface area contributed by atoms with Crippen LogP contribution in [-0.2, 0) is 10.0 Å². The Labute approximate surface area is 122 Å². The Balaban J connectivity index is 2.99. The lowest BCUT2D eigenvalue weighted by atomic mass is 10.0. The average molecular weight is 299 g/mol. The predicted octanol–water partition coefficient (Wildman–Crippen LogP) is 2.59. The molecule has 1 N–H and O–H groups in total. The second kappa shape index (κ2) is 7.76. The average Bonchev–Trinajstić information content (AvgIpc) is 2.43. The summed E-state index contributed by atoms with van der Waals surface area (Å²) in [6.45, 7) is 6.60. The monoisotopic (exact) mass is 299 g/mol. The van der Waals surface area contributed by atoms with Crippen molar-refractivity contribution in [1.82, 2.24) is 4.31 Å². The third-order valence-corrected chi connectivity index (χ3v) is 5.21. The summed E-state index contributed by atoms with van der Waals surface area (Å²) in [6, 6.07) is 7.02. The molecule has 0 spiro atoms. The predicted molar refractivity (Wildman–Crippen MR) is 81.3 cm³/mol. The van der Waals surface area contributed by atoms with E-state index in [1.807, 2.05) is 19.1 Å². The maximum Gasteiger partial charge on any atom is 0.243 e. The molecule has 0 radical (unpaired) electrons. The summed E-state index contributed by atoms with van der Waals surface area (Å²) in [7, 11) is -3.50. The molecule has 0 heterocycles. The lowest BCUT2D eigenvalue weighted by Crippen LogP contribution is -2.34. The van der Waals surface area contributed by atoms with Crippen LogP contribution in [0.2, 0.25) is 0 Å². The van der Waals surface area contributed by atoms with Gasteiger partial charge in [0.15, 0.2) is 0 Å². The van der Waals surface area contributed by atoms with Crippen molar-refractivity contribution in [3.05, 3.63) is 29.8 Å². The minimum absolute atomic E-state index is 0.147. The van der Waals surface area contributed by atoms with Gasteiger partial charge in [-0.3, -0.25) is 0 Å². The molecule has 0 saturated heterocycles. The number of aliphatic hydroxyl groups is 1. The molecular weight excluding hydrogens is 274 g/mol. The molecule has 1 aromatic rings. The highest BCUT2D eigenvalue weighted by Gasteiger charge is 2.23. The van der Waals surface area contributed by atoms with Crippen LogP contribution in [0.25, 0.3) is 0 Å². The van der Waals surface area contributed by atoms with Crippen molar-refractivity contribution in [3.63, 3.8) is 0 Å². The summed E-state index contributed by atoms with van der Waals surface area (Å²) in [5.74, 6) is 0.375. The number of rotatable bonds is 8. The molecule has 1 aromatic carbocycles. The molecule has 0 aliphatic heterocycles. The first-order chi connectivity index (χ1) is 9.43. The fourth-order valence-corrected chi connectivity index (χ4v) is 3.44. The van der Waals surface area contributed by atoms with Crippen molar-refractivity contribution in [2.45, 2.75) is 44.4 Å². The first kappa shape index (κ1) is 17.1. The highest BCUT2D eigenvalue weighted by Crippen LogP contribution is 2.20. The number of nitrogens with zero attached hydrogens (tertiary/aromatic N) is 1. The first-order valence-corrected chi connectivity index (χ1v) is 8.58. The Morgan fingerprint density at radius 2 is 1.75 bits per heavy atom. The molecule has 114 valence electrons. The van der Waals surface area contributed by atoms with E-state index in [0.717, 1.165) is 18.4 Å². The fraction of sp³-hybridized carbons (Fsp3) is 0.600. The molecule has 20 heavy (non-hydrogen) atoms. The second-order valence-corrected chi connectivity index (χ2v) is 7.14. The van der Waals surface area contributed by atoms with E-state index >= 15 is 0 Å². The van der Waals surface area contributed by atoms with Crippen molar-refractivity contribution in [1.29, 1.82) is 0 Å². The molecule has 0 amide bonds. The van der Waals surface area contributed by atoms with Gasteiger partial charge in [-0.2, -0.15) is 4.31 Å². The number of benzene rings is 1. The molecule has 4 nitrogen and oxygen atoms in total. The van der Waals surface area contributed by atoms with E-state index in [4.69, 9.17) is 5.11 Å². The Morgan fingerprint density at radius 1 is 1.15 bits per heavy atom. The smallest absolute Gasteiger partial charge is 0.243 e. The zero-order chi connectivity index (χ0) is 15.2. The summed E-state index contributed by atoms with van der Waals surface area (Å²) in [4.78, 5) is 0.298. The van der Waals surface area contributed by atoms with E-state index in [2.05, 4.69) is 13.8 Å². The lowest BCUT2D eigenvalue weighted by molar-refractivity contribution is 0.252. The van der Waals surface area contributed by atoms with Crippen LogP contribution in [-0.4, -0.2) is 37.5 Å². The third kappa shape index (κ3) is 4.30. The SMILES string of the molecule is CCCCN(CCO)S(=O)(=O)c1ccc(C(C)C)cc1. The van der Waals surface area contributed by atoms with Gasteiger partial charge in [-0.1, -0.05) is 39.3 Å². The normalized spacial score (nSPS) is 12.3. The number of unbranched alkanes of at least 4 members (excludes halogenated alkanes) is 1. The van der Waals surface area contributed by atoms with E-state index in [9.17, 15) is 8.42 Å². The molecule has 0 unspecified atom stereocenters. The van der Waals surface area contributed by atoms with Gasteiger partial charge in [-0.05, 0) is 30.0 Å². The van der Waals surface area contributed by atoms with Gasteiger partial charge in [0.05, 0.1) is 11.5 Å². The Kier molecular flexibility index (Phi) is 6.65.